The normalized spacial score (nSPS) is 19.9. The third kappa shape index (κ3) is 0.830. The van der Waals surface area contributed by atoms with Crippen molar-refractivity contribution < 1.29 is 0 Å². The number of rotatable bonds is 0. The summed E-state index contributed by atoms with van der Waals surface area (Å²) in [6.45, 7) is 4.33. The summed E-state index contributed by atoms with van der Waals surface area (Å²) in [4.78, 5) is 4.64. The van der Waals surface area contributed by atoms with E-state index >= 15 is 0 Å². The van der Waals surface area contributed by atoms with Gasteiger partial charge in [-0.3, -0.25) is 0 Å². The highest BCUT2D eigenvalue weighted by Gasteiger charge is 2.21. The average Bonchev–Trinajstić information content (AvgIpc) is 2.66. The maximum absolute atomic E-state index is 4.64. The first kappa shape index (κ1) is 7.80. The molecule has 0 saturated heterocycles. The van der Waals surface area contributed by atoms with E-state index in [1.54, 1.807) is 0 Å². The van der Waals surface area contributed by atoms with Crippen LogP contribution in [0.15, 0.2) is 30.3 Å². The number of nitrogens with zero attached hydrogens (tertiary/aromatic N) is 2. The Labute approximate surface area is 82.9 Å². The molecule has 1 aromatic carbocycles. The van der Waals surface area contributed by atoms with E-state index in [1.165, 1.54) is 17.0 Å². The van der Waals surface area contributed by atoms with Gasteiger partial charge in [0.05, 0.1) is 11.0 Å². The number of benzene rings is 1. The highest BCUT2D eigenvalue weighted by molar-refractivity contribution is 5.81. The summed E-state index contributed by atoms with van der Waals surface area (Å²) in [6.07, 6.45) is 2.26. The molecule has 0 radical (unpaired) electrons. The largest absolute Gasteiger partial charge is 0.300 e. The SMILES string of the molecule is CC1=CC(C)c2nc3ccccc3n21. The summed E-state index contributed by atoms with van der Waals surface area (Å²) in [6, 6.07) is 8.30. The summed E-state index contributed by atoms with van der Waals surface area (Å²) >= 11 is 0. The van der Waals surface area contributed by atoms with E-state index in [1.807, 2.05) is 6.07 Å². The molecule has 0 saturated carbocycles. The first-order chi connectivity index (χ1) is 6.77. The van der Waals surface area contributed by atoms with Crippen LogP contribution >= 0.6 is 0 Å². The lowest BCUT2D eigenvalue weighted by Gasteiger charge is -2.00. The standard InChI is InChI=1S/C12H12N2/c1-8-7-9(2)14-11-6-4-3-5-10(11)13-12(8)14/h3-8H,1-2H3. The molecule has 2 aromatic rings. The molecule has 2 heteroatoms. The minimum Gasteiger partial charge on any atom is -0.300 e. The summed E-state index contributed by atoms with van der Waals surface area (Å²) < 4.78 is 2.25. The Kier molecular flexibility index (Phi) is 1.38. The molecule has 1 atom stereocenters. The van der Waals surface area contributed by atoms with Crippen molar-refractivity contribution in [1.82, 2.24) is 9.55 Å². The lowest BCUT2D eigenvalue weighted by Crippen LogP contribution is -1.93. The number of para-hydroxylation sites is 2. The van der Waals surface area contributed by atoms with Crippen molar-refractivity contribution in [1.29, 1.82) is 0 Å². The molecule has 1 aliphatic rings. The van der Waals surface area contributed by atoms with Crippen LogP contribution in [0.4, 0.5) is 0 Å². The van der Waals surface area contributed by atoms with Crippen molar-refractivity contribution in [3.8, 4) is 0 Å². The van der Waals surface area contributed by atoms with Crippen LogP contribution in [0.3, 0.4) is 0 Å². The number of allylic oxidation sites excluding steroid dienone is 2. The van der Waals surface area contributed by atoms with E-state index in [9.17, 15) is 0 Å². The van der Waals surface area contributed by atoms with Gasteiger partial charge < -0.3 is 4.57 Å². The first-order valence-electron chi connectivity index (χ1n) is 4.93. The monoisotopic (exact) mass is 184 g/mol. The van der Waals surface area contributed by atoms with Crippen LogP contribution in [0.5, 0.6) is 0 Å². The van der Waals surface area contributed by atoms with Gasteiger partial charge in [0.15, 0.2) is 0 Å². The van der Waals surface area contributed by atoms with E-state index in [2.05, 4.69) is 47.7 Å². The Balaban J connectivity index is 2.44. The zero-order valence-corrected chi connectivity index (χ0v) is 8.36. The molecule has 2 heterocycles. The molecular weight excluding hydrogens is 172 g/mol. The van der Waals surface area contributed by atoms with Gasteiger partial charge in [-0.25, -0.2) is 4.98 Å². The van der Waals surface area contributed by atoms with E-state index in [0.717, 1.165) is 5.52 Å². The summed E-state index contributed by atoms with van der Waals surface area (Å²) in [5.41, 5.74) is 3.61. The second-order valence-electron chi connectivity index (χ2n) is 3.89. The minimum atomic E-state index is 0.447. The summed E-state index contributed by atoms with van der Waals surface area (Å²) in [5.74, 6) is 1.62. The predicted octanol–water partition coefficient (Wildman–Crippen LogP) is 3.01. The van der Waals surface area contributed by atoms with Crippen LogP contribution < -0.4 is 0 Å². The van der Waals surface area contributed by atoms with Crippen LogP contribution in [0.2, 0.25) is 0 Å². The second kappa shape index (κ2) is 2.47. The lowest BCUT2D eigenvalue weighted by atomic mass is 10.2. The van der Waals surface area contributed by atoms with Gasteiger partial charge in [0, 0.05) is 11.6 Å². The lowest BCUT2D eigenvalue weighted by molar-refractivity contribution is 0.879. The van der Waals surface area contributed by atoms with Gasteiger partial charge in [-0.2, -0.15) is 0 Å². The van der Waals surface area contributed by atoms with Crippen LogP contribution in [0.1, 0.15) is 25.6 Å². The van der Waals surface area contributed by atoms with Crippen LogP contribution in [0, 0.1) is 0 Å². The topological polar surface area (TPSA) is 17.8 Å². The molecule has 1 unspecified atom stereocenters. The van der Waals surface area contributed by atoms with Crippen LogP contribution in [-0.2, 0) is 0 Å². The van der Waals surface area contributed by atoms with Crippen molar-refractivity contribution >= 4 is 16.7 Å². The zero-order chi connectivity index (χ0) is 9.71. The fraction of sp³-hybridized carbons (Fsp3) is 0.250. The molecule has 0 fully saturated rings. The zero-order valence-electron chi connectivity index (χ0n) is 8.36. The molecule has 1 aliphatic heterocycles. The maximum atomic E-state index is 4.64. The molecule has 3 rings (SSSR count). The fourth-order valence-electron chi connectivity index (χ4n) is 2.23. The molecule has 1 aromatic heterocycles. The molecule has 0 spiro atoms. The van der Waals surface area contributed by atoms with Crippen molar-refractivity contribution in [2.75, 3.05) is 0 Å². The summed E-state index contributed by atoms with van der Waals surface area (Å²) in [7, 11) is 0. The third-order valence-corrected chi connectivity index (χ3v) is 2.84. The van der Waals surface area contributed by atoms with Gasteiger partial charge in [-0.1, -0.05) is 25.1 Å². The molecule has 14 heavy (non-hydrogen) atoms. The van der Waals surface area contributed by atoms with Crippen molar-refractivity contribution in [2.24, 2.45) is 0 Å². The number of hydrogen-bond acceptors (Lipinski definition) is 1. The Bertz CT molecular complexity index is 534. The van der Waals surface area contributed by atoms with Gasteiger partial charge in [0.1, 0.15) is 5.82 Å². The van der Waals surface area contributed by atoms with Gasteiger partial charge in [0.2, 0.25) is 0 Å². The number of aromatic nitrogens is 2. The molecule has 2 nitrogen and oxygen atoms in total. The number of fused-ring (bicyclic) bond motifs is 3. The number of hydrogen-bond donors (Lipinski definition) is 0. The Morgan fingerprint density at radius 3 is 2.93 bits per heavy atom. The minimum absolute atomic E-state index is 0.447. The Hall–Kier alpha value is -1.57. The molecule has 0 aliphatic carbocycles. The molecule has 0 bridgehead atoms. The number of imidazole rings is 1. The second-order valence-corrected chi connectivity index (χ2v) is 3.89. The van der Waals surface area contributed by atoms with Crippen LogP contribution in [-0.4, -0.2) is 9.55 Å². The predicted molar refractivity (Wildman–Crippen MR) is 58.1 cm³/mol. The quantitative estimate of drug-likeness (QED) is 0.615. The molecular formula is C12H12N2. The van der Waals surface area contributed by atoms with Crippen molar-refractivity contribution in [2.45, 2.75) is 19.8 Å². The van der Waals surface area contributed by atoms with E-state index in [0.29, 0.717) is 5.92 Å². The van der Waals surface area contributed by atoms with Gasteiger partial charge in [-0.15, -0.1) is 0 Å². The smallest absolute Gasteiger partial charge is 0.120 e. The van der Waals surface area contributed by atoms with Crippen LogP contribution in [0.25, 0.3) is 16.7 Å². The Morgan fingerprint density at radius 2 is 2.07 bits per heavy atom. The van der Waals surface area contributed by atoms with Crippen molar-refractivity contribution in [3.05, 3.63) is 36.2 Å². The molecule has 0 N–H and O–H groups in total. The van der Waals surface area contributed by atoms with E-state index in [4.69, 9.17) is 0 Å². The Morgan fingerprint density at radius 1 is 1.29 bits per heavy atom. The molecule has 0 amide bonds. The van der Waals surface area contributed by atoms with E-state index in [-0.39, 0.29) is 0 Å². The maximum Gasteiger partial charge on any atom is 0.120 e. The molecule has 70 valence electrons. The summed E-state index contributed by atoms with van der Waals surface area (Å²) in [5, 5.41) is 0. The van der Waals surface area contributed by atoms with Crippen molar-refractivity contribution in [3.63, 3.8) is 0 Å². The fourth-order valence-corrected chi connectivity index (χ4v) is 2.23. The first-order valence-corrected chi connectivity index (χ1v) is 4.93. The van der Waals surface area contributed by atoms with Gasteiger partial charge in [0.25, 0.3) is 0 Å². The van der Waals surface area contributed by atoms with E-state index < -0.39 is 0 Å². The average molecular weight is 184 g/mol. The highest BCUT2D eigenvalue weighted by atomic mass is 15.1. The van der Waals surface area contributed by atoms with Gasteiger partial charge >= 0.3 is 0 Å². The van der Waals surface area contributed by atoms with Gasteiger partial charge in [-0.05, 0) is 19.1 Å². The third-order valence-electron chi connectivity index (χ3n) is 2.84. The highest BCUT2D eigenvalue weighted by Crippen LogP contribution is 2.32.